The maximum absolute atomic E-state index is 12.2. The van der Waals surface area contributed by atoms with E-state index in [1.165, 1.54) is 0 Å². The van der Waals surface area contributed by atoms with Crippen LogP contribution in [0, 0.1) is 0 Å². The van der Waals surface area contributed by atoms with Crippen LogP contribution in [0.15, 0.2) is 105 Å². The van der Waals surface area contributed by atoms with Crippen molar-refractivity contribution < 1.29 is 4.42 Å². The first-order valence-electron chi connectivity index (χ1n) is 9.29. The monoisotopic (exact) mass is 366 g/mol. The summed E-state index contributed by atoms with van der Waals surface area (Å²) in [5, 5.41) is 7.90. The van der Waals surface area contributed by atoms with Gasteiger partial charge in [-0.1, -0.05) is 66.7 Å². The molecule has 0 radical (unpaired) electrons. The molecule has 4 aromatic rings. The van der Waals surface area contributed by atoms with Crippen molar-refractivity contribution in [3.63, 3.8) is 0 Å². The first-order valence-corrected chi connectivity index (χ1v) is 9.29. The van der Waals surface area contributed by atoms with Crippen molar-refractivity contribution in [1.29, 1.82) is 0 Å². The number of rotatable bonds is 3. The molecule has 0 aliphatic carbocycles. The van der Waals surface area contributed by atoms with Crippen LogP contribution in [0.1, 0.15) is 23.6 Å². The van der Waals surface area contributed by atoms with Crippen molar-refractivity contribution in [3.05, 3.63) is 113 Å². The standard InChI is InChI=1S/C24H18N2O2/c27-24-15-20(19-13-7-8-14-23(19)28-24)22-16-21(17-9-3-1-4-10-17)25-26(22)18-11-5-2-6-12-18/h1-15,22H,16H2. The molecule has 4 nitrogen and oxygen atoms in total. The van der Waals surface area contributed by atoms with E-state index in [9.17, 15) is 4.79 Å². The Morgan fingerprint density at radius 1 is 0.857 bits per heavy atom. The Morgan fingerprint density at radius 2 is 1.54 bits per heavy atom. The first kappa shape index (κ1) is 16.5. The molecular weight excluding hydrogens is 348 g/mol. The SMILES string of the molecule is O=c1cc(C2CC(c3ccccc3)=NN2c2ccccc2)c2ccccc2o1. The highest BCUT2D eigenvalue weighted by molar-refractivity contribution is 6.03. The molecule has 5 rings (SSSR count). The highest BCUT2D eigenvalue weighted by Crippen LogP contribution is 2.38. The largest absolute Gasteiger partial charge is 0.423 e. The van der Waals surface area contributed by atoms with E-state index in [1.54, 1.807) is 6.07 Å². The molecule has 0 fully saturated rings. The Kier molecular flexibility index (Phi) is 4.02. The zero-order valence-corrected chi connectivity index (χ0v) is 15.2. The fourth-order valence-electron chi connectivity index (χ4n) is 3.79. The number of fused-ring (bicyclic) bond motifs is 1. The van der Waals surface area contributed by atoms with Gasteiger partial charge >= 0.3 is 5.63 Å². The van der Waals surface area contributed by atoms with Gasteiger partial charge in [0, 0.05) is 17.9 Å². The second-order valence-electron chi connectivity index (χ2n) is 6.83. The van der Waals surface area contributed by atoms with Gasteiger partial charge in [0.15, 0.2) is 0 Å². The van der Waals surface area contributed by atoms with E-state index < -0.39 is 0 Å². The number of hydrogen-bond acceptors (Lipinski definition) is 4. The number of para-hydroxylation sites is 2. The predicted octanol–water partition coefficient (Wildman–Crippen LogP) is 5.15. The van der Waals surface area contributed by atoms with E-state index in [4.69, 9.17) is 9.52 Å². The highest BCUT2D eigenvalue weighted by Gasteiger charge is 2.31. The lowest BCUT2D eigenvalue weighted by Gasteiger charge is -2.24. The predicted molar refractivity (Wildman–Crippen MR) is 112 cm³/mol. The van der Waals surface area contributed by atoms with Gasteiger partial charge < -0.3 is 4.42 Å². The van der Waals surface area contributed by atoms with Gasteiger partial charge in [0.2, 0.25) is 0 Å². The van der Waals surface area contributed by atoms with Crippen molar-refractivity contribution in [2.45, 2.75) is 12.5 Å². The third kappa shape index (κ3) is 2.89. The van der Waals surface area contributed by atoms with Gasteiger partial charge in [-0.15, -0.1) is 0 Å². The summed E-state index contributed by atoms with van der Waals surface area (Å²) in [6, 6.07) is 29.5. The fraction of sp³-hybridized carbons (Fsp3) is 0.0833. The van der Waals surface area contributed by atoms with Gasteiger partial charge in [-0.25, -0.2) is 4.79 Å². The first-order chi connectivity index (χ1) is 13.8. The maximum Gasteiger partial charge on any atom is 0.336 e. The van der Waals surface area contributed by atoms with Gasteiger partial charge in [-0.2, -0.15) is 5.10 Å². The molecule has 1 atom stereocenters. The molecule has 1 aromatic heterocycles. The molecule has 136 valence electrons. The highest BCUT2D eigenvalue weighted by atomic mass is 16.4. The zero-order valence-electron chi connectivity index (χ0n) is 15.2. The van der Waals surface area contributed by atoms with Crippen LogP contribution in [-0.2, 0) is 0 Å². The molecule has 0 spiro atoms. The lowest BCUT2D eigenvalue weighted by molar-refractivity contribution is 0.555. The van der Waals surface area contributed by atoms with E-state index in [2.05, 4.69) is 12.1 Å². The normalized spacial score (nSPS) is 16.4. The summed E-state index contributed by atoms with van der Waals surface area (Å²) in [6.45, 7) is 0. The summed E-state index contributed by atoms with van der Waals surface area (Å²) in [5.41, 5.74) is 4.30. The quantitative estimate of drug-likeness (QED) is 0.471. The molecule has 0 N–H and O–H groups in total. The summed E-state index contributed by atoms with van der Waals surface area (Å²) < 4.78 is 5.40. The molecule has 3 aromatic carbocycles. The minimum atomic E-state index is -0.338. The minimum absolute atomic E-state index is 0.0772. The van der Waals surface area contributed by atoms with Gasteiger partial charge in [0.25, 0.3) is 0 Å². The molecule has 0 saturated carbocycles. The van der Waals surface area contributed by atoms with Crippen molar-refractivity contribution in [2.24, 2.45) is 5.10 Å². The zero-order chi connectivity index (χ0) is 18.9. The summed E-state index contributed by atoms with van der Waals surface area (Å²) in [6.07, 6.45) is 0.715. The third-order valence-corrected chi connectivity index (χ3v) is 5.08. The molecule has 1 unspecified atom stereocenters. The van der Waals surface area contributed by atoms with Crippen LogP contribution < -0.4 is 10.6 Å². The van der Waals surface area contributed by atoms with Gasteiger partial charge in [0.05, 0.1) is 17.4 Å². The number of anilines is 1. The molecule has 0 saturated heterocycles. The van der Waals surface area contributed by atoms with Crippen LogP contribution >= 0.6 is 0 Å². The molecule has 1 aliphatic rings. The average molecular weight is 366 g/mol. The van der Waals surface area contributed by atoms with Crippen LogP contribution in [0.3, 0.4) is 0 Å². The smallest absolute Gasteiger partial charge is 0.336 e. The number of benzene rings is 3. The van der Waals surface area contributed by atoms with Gasteiger partial charge in [-0.05, 0) is 29.3 Å². The third-order valence-electron chi connectivity index (χ3n) is 5.08. The molecule has 4 heteroatoms. The molecule has 0 bridgehead atoms. The van der Waals surface area contributed by atoms with Crippen molar-refractivity contribution in [3.8, 4) is 0 Å². The second kappa shape index (κ2) is 6.82. The van der Waals surface area contributed by atoms with Crippen molar-refractivity contribution in [2.75, 3.05) is 5.01 Å². The summed E-state index contributed by atoms with van der Waals surface area (Å²) in [5.74, 6) is 0. The van der Waals surface area contributed by atoms with Gasteiger partial charge in [-0.3, -0.25) is 5.01 Å². The van der Waals surface area contributed by atoms with E-state index in [0.717, 1.165) is 27.9 Å². The molecule has 0 amide bonds. The summed E-state index contributed by atoms with van der Waals surface area (Å²) in [7, 11) is 0. The minimum Gasteiger partial charge on any atom is -0.423 e. The van der Waals surface area contributed by atoms with E-state index >= 15 is 0 Å². The lowest BCUT2D eigenvalue weighted by Crippen LogP contribution is -2.20. The van der Waals surface area contributed by atoms with Crippen LogP contribution in [0.2, 0.25) is 0 Å². The number of nitrogens with zero attached hydrogens (tertiary/aromatic N) is 2. The summed E-state index contributed by atoms with van der Waals surface area (Å²) in [4.78, 5) is 12.2. The average Bonchev–Trinajstić information content (AvgIpc) is 3.20. The van der Waals surface area contributed by atoms with E-state index in [1.807, 2.05) is 77.8 Å². The Balaban J connectivity index is 1.68. The Bertz CT molecular complexity index is 1210. The number of hydrogen-bond donors (Lipinski definition) is 0. The van der Waals surface area contributed by atoms with Gasteiger partial charge in [0.1, 0.15) is 5.58 Å². The van der Waals surface area contributed by atoms with Crippen LogP contribution in [0.4, 0.5) is 5.69 Å². The molecule has 28 heavy (non-hydrogen) atoms. The van der Waals surface area contributed by atoms with E-state index in [-0.39, 0.29) is 11.7 Å². The van der Waals surface area contributed by atoms with Crippen LogP contribution in [-0.4, -0.2) is 5.71 Å². The Hall–Kier alpha value is -3.66. The van der Waals surface area contributed by atoms with Crippen molar-refractivity contribution >= 4 is 22.4 Å². The summed E-state index contributed by atoms with van der Waals surface area (Å²) >= 11 is 0. The maximum atomic E-state index is 12.2. The second-order valence-corrected chi connectivity index (χ2v) is 6.83. The topological polar surface area (TPSA) is 45.8 Å². The van der Waals surface area contributed by atoms with Crippen molar-refractivity contribution in [1.82, 2.24) is 0 Å². The fourth-order valence-corrected chi connectivity index (χ4v) is 3.79. The molecule has 1 aliphatic heterocycles. The molecular formula is C24H18N2O2. The van der Waals surface area contributed by atoms with E-state index in [0.29, 0.717) is 12.0 Å². The number of hydrazone groups is 1. The Morgan fingerprint density at radius 3 is 2.32 bits per heavy atom. The molecule has 2 heterocycles. The van der Waals surface area contributed by atoms with Crippen LogP contribution in [0.25, 0.3) is 11.0 Å². The van der Waals surface area contributed by atoms with Crippen LogP contribution in [0.5, 0.6) is 0 Å². The lowest BCUT2D eigenvalue weighted by atomic mass is 9.96. The Labute approximate surface area is 162 Å².